The van der Waals surface area contributed by atoms with Gasteiger partial charge in [-0.2, -0.15) is 0 Å². The van der Waals surface area contributed by atoms with Crippen LogP contribution in [0.15, 0.2) is 0 Å². The minimum Gasteiger partial charge on any atom is -0.388 e. The molecular weight excluding hydrogens is 218 g/mol. The van der Waals surface area contributed by atoms with Gasteiger partial charge in [-0.15, -0.1) is 0 Å². The first kappa shape index (κ1) is 13.3. The highest BCUT2D eigenvalue weighted by atomic mass is 16.5. The maximum absolute atomic E-state index is 10.5. The van der Waals surface area contributed by atoms with E-state index in [1.165, 1.54) is 6.42 Å². The van der Waals surface area contributed by atoms with E-state index in [0.29, 0.717) is 25.2 Å². The minimum absolute atomic E-state index is 0.323. The van der Waals surface area contributed by atoms with Gasteiger partial charge in [-0.05, 0) is 25.8 Å². The summed E-state index contributed by atoms with van der Waals surface area (Å²) in [6.45, 7) is 6.46. The van der Waals surface area contributed by atoms with Crippen LogP contribution < -0.4 is 0 Å². The Kier molecular flexibility index (Phi) is 4.42. The van der Waals surface area contributed by atoms with E-state index < -0.39 is 5.60 Å². The van der Waals surface area contributed by atoms with Crippen molar-refractivity contribution in [3.05, 3.63) is 0 Å². The van der Waals surface area contributed by atoms with E-state index in [2.05, 4.69) is 11.8 Å². The maximum atomic E-state index is 10.5. The van der Waals surface area contributed by atoms with Crippen molar-refractivity contribution in [2.45, 2.75) is 37.9 Å². The molecule has 2 aliphatic heterocycles. The first-order chi connectivity index (χ1) is 8.13. The molecule has 2 saturated heterocycles. The number of methoxy groups -OCH3 is 1. The molecule has 2 fully saturated rings. The van der Waals surface area contributed by atoms with Gasteiger partial charge in [0.05, 0.1) is 11.7 Å². The molecule has 2 aliphatic rings. The molecule has 4 nitrogen and oxygen atoms in total. The van der Waals surface area contributed by atoms with E-state index >= 15 is 0 Å². The molecule has 0 radical (unpaired) electrons. The lowest BCUT2D eigenvalue weighted by molar-refractivity contribution is -0.0781. The second kappa shape index (κ2) is 5.65. The van der Waals surface area contributed by atoms with Gasteiger partial charge in [0.25, 0.3) is 0 Å². The fraction of sp³-hybridized carbons (Fsp3) is 1.00. The summed E-state index contributed by atoms with van der Waals surface area (Å²) in [4.78, 5) is 2.38. The number of β-amino-alcohol motifs (C(OH)–C–C–N with tert-alkyl or cyclic N) is 1. The van der Waals surface area contributed by atoms with Gasteiger partial charge in [-0.25, -0.2) is 0 Å². The summed E-state index contributed by atoms with van der Waals surface area (Å²) in [6, 6.07) is 0. The van der Waals surface area contributed by atoms with Crippen LogP contribution in [0.4, 0.5) is 0 Å². The van der Waals surface area contributed by atoms with Crippen LogP contribution in [0.3, 0.4) is 0 Å². The molecule has 0 aromatic rings. The van der Waals surface area contributed by atoms with Crippen molar-refractivity contribution in [2.75, 3.05) is 40.0 Å². The molecule has 17 heavy (non-hydrogen) atoms. The molecule has 2 heterocycles. The summed E-state index contributed by atoms with van der Waals surface area (Å²) in [5, 5.41) is 10.5. The number of rotatable bonds is 4. The average Bonchev–Trinajstić information content (AvgIpc) is 2.76. The average molecular weight is 243 g/mol. The molecule has 100 valence electrons. The number of hydrogen-bond donors (Lipinski definition) is 1. The molecule has 2 rings (SSSR count). The predicted molar refractivity (Wildman–Crippen MR) is 66.0 cm³/mol. The van der Waals surface area contributed by atoms with Crippen LogP contribution >= 0.6 is 0 Å². The quantitative estimate of drug-likeness (QED) is 0.796. The number of likely N-dealkylation sites (tertiary alicyclic amines) is 1. The summed E-state index contributed by atoms with van der Waals surface area (Å²) in [6.07, 6.45) is 3.05. The highest BCUT2D eigenvalue weighted by Crippen LogP contribution is 2.27. The van der Waals surface area contributed by atoms with Crippen LogP contribution in [-0.4, -0.2) is 61.7 Å². The largest absolute Gasteiger partial charge is 0.388 e. The smallest absolute Gasteiger partial charge is 0.0817 e. The second-order valence-electron chi connectivity index (χ2n) is 5.56. The lowest BCUT2D eigenvalue weighted by Crippen LogP contribution is -2.46. The Bertz CT molecular complexity index is 241. The third-order valence-electron chi connectivity index (χ3n) is 4.29. The van der Waals surface area contributed by atoms with Gasteiger partial charge in [-0.1, -0.05) is 0 Å². The molecule has 0 aromatic carbocycles. The summed E-state index contributed by atoms with van der Waals surface area (Å²) in [5.74, 6) is 0.614. The monoisotopic (exact) mass is 243 g/mol. The van der Waals surface area contributed by atoms with Gasteiger partial charge in [0, 0.05) is 46.3 Å². The topological polar surface area (TPSA) is 41.9 Å². The van der Waals surface area contributed by atoms with E-state index in [4.69, 9.17) is 9.47 Å². The Morgan fingerprint density at radius 1 is 1.47 bits per heavy atom. The fourth-order valence-corrected chi connectivity index (χ4v) is 2.91. The molecule has 2 unspecified atom stereocenters. The van der Waals surface area contributed by atoms with Gasteiger partial charge in [0.15, 0.2) is 0 Å². The van der Waals surface area contributed by atoms with Crippen LogP contribution in [0.25, 0.3) is 0 Å². The number of hydrogen-bond acceptors (Lipinski definition) is 4. The first-order valence-corrected chi connectivity index (χ1v) is 6.68. The Hall–Kier alpha value is -0.160. The third-order valence-corrected chi connectivity index (χ3v) is 4.29. The van der Waals surface area contributed by atoms with E-state index in [1.807, 2.05) is 0 Å². The minimum atomic E-state index is -0.524. The molecule has 0 spiro atoms. The zero-order valence-electron chi connectivity index (χ0n) is 11.0. The van der Waals surface area contributed by atoms with Crippen LogP contribution in [0.1, 0.15) is 26.2 Å². The molecular formula is C13H25NO3. The van der Waals surface area contributed by atoms with Gasteiger partial charge in [0.1, 0.15) is 0 Å². The first-order valence-electron chi connectivity index (χ1n) is 6.68. The van der Waals surface area contributed by atoms with Crippen LogP contribution in [0, 0.1) is 5.92 Å². The Morgan fingerprint density at radius 2 is 2.18 bits per heavy atom. The molecule has 0 aliphatic carbocycles. The zero-order valence-corrected chi connectivity index (χ0v) is 11.0. The molecule has 4 heteroatoms. The summed E-state index contributed by atoms with van der Waals surface area (Å²) in [7, 11) is 1.78. The highest BCUT2D eigenvalue weighted by molar-refractivity contribution is 4.88. The lowest BCUT2D eigenvalue weighted by atomic mass is 9.94. The van der Waals surface area contributed by atoms with Crippen molar-refractivity contribution < 1.29 is 14.6 Å². The molecule has 2 atom stereocenters. The molecule has 0 amide bonds. The van der Waals surface area contributed by atoms with Gasteiger partial charge < -0.3 is 19.5 Å². The van der Waals surface area contributed by atoms with Crippen molar-refractivity contribution in [3.8, 4) is 0 Å². The Morgan fingerprint density at radius 3 is 2.82 bits per heavy atom. The highest BCUT2D eigenvalue weighted by Gasteiger charge is 2.35. The van der Waals surface area contributed by atoms with Crippen LogP contribution in [0.2, 0.25) is 0 Å². The van der Waals surface area contributed by atoms with Crippen molar-refractivity contribution >= 4 is 0 Å². The summed E-state index contributed by atoms with van der Waals surface area (Å²) >= 11 is 0. The SMILES string of the molecule is COC(C)C1CCN(CC2(O)CCOCC2)C1. The second-order valence-corrected chi connectivity index (χ2v) is 5.56. The van der Waals surface area contributed by atoms with Crippen molar-refractivity contribution in [1.82, 2.24) is 4.90 Å². The van der Waals surface area contributed by atoms with Gasteiger partial charge in [0.2, 0.25) is 0 Å². The summed E-state index contributed by atoms with van der Waals surface area (Å²) < 4.78 is 10.7. The van der Waals surface area contributed by atoms with Crippen molar-refractivity contribution in [3.63, 3.8) is 0 Å². The lowest BCUT2D eigenvalue weighted by Gasteiger charge is -2.35. The van der Waals surface area contributed by atoms with E-state index in [-0.39, 0.29) is 0 Å². The number of ether oxygens (including phenoxy) is 2. The normalized spacial score (nSPS) is 31.6. The van der Waals surface area contributed by atoms with E-state index in [1.54, 1.807) is 7.11 Å². The van der Waals surface area contributed by atoms with Crippen molar-refractivity contribution in [2.24, 2.45) is 5.92 Å². The van der Waals surface area contributed by atoms with Crippen LogP contribution in [-0.2, 0) is 9.47 Å². The molecule has 0 aromatic heterocycles. The number of aliphatic hydroxyl groups is 1. The maximum Gasteiger partial charge on any atom is 0.0817 e. The predicted octanol–water partition coefficient (Wildman–Crippen LogP) is 0.885. The van der Waals surface area contributed by atoms with Gasteiger partial charge in [-0.3, -0.25) is 0 Å². The molecule has 1 N–H and O–H groups in total. The van der Waals surface area contributed by atoms with Crippen molar-refractivity contribution in [1.29, 1.82) is 0 Å². The van der Waals surface area contributed by atoms with Gasteiger partial charge >= 0.3 is 0 Å². The van der Waals surface area contributed by atoms with E-state index in [0.717, 1.165) is 32.5 Å². The molecule has 0 bridgehead atoms. The van der Waals surface area contributed by atoms with E-state index in [9.17, 15) is 5.11 Å². The van der Waals surface area contributed by atoms with Crippen LogP contribution in [0.5, 0.6) is 0 Å². The standard InChI is InChI=1S/C13H25NO3/c1-11(16-2)12-3-6-14(9-12)10-13(15)4-7-17-8-5-13/h11-12,15H,3-10H2,1-2H3. The molecule has 0 saturated carbocycles. The Balaban J connectivity index is 1.80. The third kappa shape index (κ3) is 3.41. The number of nitrogens with zero attached hydrogens (tertiary/aromatic N) is 1. The zero-order chi connectivity index (χ0) is 12.3. The fourth-order valence-electron chi connectivity index (χ4n) is 2.91. The Labute approximate surface area is 104 Å². The summed E-state index contributed by atoms with van der Waals surface area (Å²) in [5.41, 5.74) is -0.524.